The summed E-state index contributed by atoms with van der Waals surface area (Å²) in [5, 5.41) is 11.5. The summed E-state index contributed by atoms with van der Waals surface area (Å²) >= 11 is 0. The van der Waals surface area contributed by atoms with Gasteiger partial charge in [0, 0.05) is 17.5 Å². The summed E-state index contributed by atoms with van der Waals surface area (Å²) in [5.41, 5.74) is 6.40. The van der Waals surface area contributed by atoms with Gasteiger partial charge >= 0.3 is 5.97 Å². The number of rotatable bonds is 4. The van der Waals surface area contributed by atoms with Crippen molar-refractivity contribution >= 4 is 28.4 Å². The zero-order chi connectivity index (χ0) is 17.1. The van der Waals surface area contributed by atoms with Crippen molar-refractivity contribution in [3.8, 4) is 0 Å². The molecule has 0 aliphatic rings. The highest BCUT2D eigenvalue weighted by molar-refractivity contribution is 5.90. The van der Waals surface area contributed by atoms with Crippen molar-refractivity contribution in [2.24, 2.45) is 0 Å². The van der Waals surface area contributed by atoms with Crippen LogP contribution in [0.15, 0.2) is 48.5 Å². The number of nitrogens with zero attached hydrogens (tertiary/aromatic N) is 3. The van der Waals surface area contributed by atoms with E-state index in [-0.39, 0.29) is 23.7 Å². The standard InChI is InChI=1S/C16H12N4O4/c17-15-12-6-1-2-7-13(12)18-14(19-15)9-24-16(21)10-4-3-5-11(8-10)20(22)23/h1-8H,9H2,(H2,17,18,19). The van der Waals surface area contributed by atoms with E-state index in [2.05, 4.69) is 9.97 Å². The van der Waals surface area contributed by atoms with Crippen LogP contribution >= 0.6 is 0 Å². The molecule has 0 radical (unpaired) electrons. The van der Waals surface area contributed by atoms with Gasteiger partial charge in [0.25, 0.3) is 5.69 Å². The first-order valence-electron chi connectivity index (χ1n) is 6.97. The van der Waals surface area contributed by atoms with Crippen molar-refractivity contribution in [2.75, 3.05) is 5.73 Å². The molecule has 1 aromatic heterocycles. The number of nitro benzene ring substituents is 1. The van der Waals surface area contributed by atoms with Gasteiger partial charge in [-0.25, -0.2) is 14.8 Å². The average molecular weight is 324 g/mol. The van der Waals surface area contributed by atoms with Gasteiger partial charge in [-0.15, -0.1) is 0 Å². The number of anilines is 1. The Balaban J connectivity index is 1.77. The number of nitro groups is 1. The predicted molar refractivity (Wildman–Crippen MR) is 86.2 cm³/mol. The summed E-state index contributed by atoms with van der Waals surface area (Å²) in [6.45, 7) is -0.184. The summed E-state index contributed by atoms with van der Waals surface area (Å²) in [7, 11) is 0. The first-order chi connectivity index (χ1) is 11.5. The van der Waals surface area contributed by atoms with Gasteiger partial charge in [0.2, 0.25) is 0 Å². The molecule has 8 heteroatoms. The highest BCUT2D eigenvalue weighted by atomic mass is 16.6. The molecule has 1 heterocycles. The second kappa shape index (κ2) is 6.29. The number of ether oxygens (including phenoxy) is 1. The molecule has 8 nitrogen and oxygen atoms in total. The average Bonchev–Trinajstić information content (AvgIpc) is 2.60. The van der Waals surface area contributed by atoms with E-state index in [4.69, 9.17) is 10.5 Å². The van der Waals surface area contributed by atoms with Crippen molar-refractivity contribution in [3.63, 3.8) is 0 Å². The highest BCUT2D eigenvalue weighted by Gasteiger charge is 2.14. The Morgan fingerprint density at radius 3 is 2.75 bits per heavy atom. The second-order valence-corrected chi connectivity index (χ2v) is 4.93. The first kappa shape index (κ1) is 15.3. The van der Waals surface area contributed by atoms with E-state index in [1.54, 1.807) is 12.1 Å². The fourth-order valence-corrected chi connectivity index (χ4v) is 2.18. The topological polar surface area (TPSA) is 121 Å². The summed E-state index contributed by atoms with van der Waals surface area (Å²) < 4.78 is 5.11. The number of esters is 1. The lowest BCUT2D eigenvalue weighted by Gasteiger charge is -2.06. The molecule has 0 aliphatic carbocycles. The van der Waals surface area contributed by atoms with Crippen molar-refractivity contribution in [1.29, 1.82) is 0 Å². The molecule has 3 aromatic rings. The quantitative estimate of drug-likeness (QED) is 0.444. The van der Waals surface area contributed by atoms with Crippen LogP contribution in [0.4, 0.5) is 11.5 Å². The number of nitrogens with two attached hydrogens (primary N) is 1. The number of nitrogen functional groups attached to an aromatic ring is 1. The van der Waals surface area contributed by atoms with E-state index in [0.29, 0.717) is 16.7 Å². The Bertz CT molecular complexity index is 942. The smallest absolute Gasteiger partial charge is 0.338 e. The minimum absolute atomic E-state index is 0.0814. The van der Waals surface area contributed by atoms with Gasteiger partial charge in [0.1, 0.15) is 5.82 Å². The number of aromatic nitrogens is 2. The minimum atomic E-state index is -0.700. The van der Waals surface area contributed by atoms with E-state index >= 15 is 0 Å². The van der Waals surface area contributed by atoms with Crippen molar-refractivity contribution in [2.45, 2.75) is 6.61 Å². The van der Waals surface area contributed by atoms with Crippen LogP contribution in [0, 0.1) is 10.1 Å². The second-order valence-electron chi connectivity index (χ2n) is 4.93. The molecule has 0 atom stereocenters. The van der Waals surface area contributed by atoms with Gasteiger partial charge in [-0.1, -0.05) is 18.2 Å². The van der Waals surface area contributed by atoms with E-state index in [0.717, 1.165) is 6.07 Å². The normalized spacial score (nSPS) is 10.5. The highest BCUT2D eigenvalue weighted by Crippen LogP contribution is 2.18. The number of para-hydroxylation sites is 1. The summed E-state index contributed by atoms with van der Waals surface area (Å²) in [6, 6.07) is 12.5. The van der Waals surface area contributed by atoms with Crippen LogP contribution < -0.4 is 5.73 Å². The van der Waals surface area contributed by atoms with Gasteiger partial charge in [-0.2, -0.15) is 0 Å². The number of hydrogen-bond acceptors (Lipinski definition) is 7. The lowest BCUT2D eigenvalue weighted by Crippen LogP contribution is -2.09. The summed E-state index contributed by atoms with van der Waals surface area (Å²) in [4.78, 5) is 30.5. The van der Waals surface area contributed by atoms with Crippen LogP contribution in [-0.4, -0.2) is 20.9 Å². The molecule has 2 aromatic carbocycles. The third-order valence-corrected chi connectivity index (χ3v) is 3.30. The Morgan fingerprint density at radius 1 is 1.17 bits per heavy atom. The van der Waals surface area contributed by atoms with Crippen LogP contribution in [0.1, 0.15) is 16.2 Å². The fourth-order valence-electron chi connectivity index (χ4n) is 2.18. The Hall–Kier alpha value is -3.55. The third kappa shape index (κ3) is 3.12. The van der Waals surface area contributed by atoms with Crippen molar-refractivity contribution in [3.05, 3.63) is 70.0 Å². The molecule has 0 amide bonds. The van der Waals surface area contributed by atoms with Crippen LogP contribution in [0.25, 0.3) is 10.9 Å². The maximum Gasteiger partial charge on any atom is 0.338 e. The number of non-ortho nitro benzene ring substituents is 1. The molecule has 120 valence electrons. The van der Waals surface area contributed by atoms with E-state index < -0.39 is 10.9 Å². The van der Waals surface area contributed by atoms with E-state index in [1.165, 1.54) is 18.2 Å². The van der Waals surface area contributed by atoms with Gasteiger partial charge in [0.15, 0.2) is 12.4 Å². The predicted octanol–water partition coefficient (Wildman–Crippen LogP) is 2.48. The molecule has 0 unspecified atom stereocenters. The maximum absolute atomic E-state index is 12.0. The molecule has 0 aliphatic heterocycles. The molecule has 0 saturated heterocycles. The number of fused-ring (bicyclic) bond motifs is 1. The third-order valence-electron chi connectivity index (χ3n) is 3.30. The Morgan fingerprint density at radius 2 is 1.96 bits per heavy atom. The Kier molecular flexibility index (Phi) is 4.02. The van der Waals surface area contributed by atoms with Crippen LogP contribution in [-0.2, 0) is 11.3 Å². The van der Waals surface area contributed by atoms with Gasteiger partial charge in [0.05, 0.1) is 16.0 Å². The van der Waals surface area contributed by atoms with Crippen LogP contribution in [0.2, 0.25) is 0 Å². The number of carbonyl (C=O) groups excluding carboxylic acids is 1. The van der Waals surface area contributed by atoms with Gasteiger partial charge in [-0.05, 0) is 18.2 Å². The largest absolute Gasteiger partial charge is 0.454 e. The molecule has 0 fully saturated rings. The molecule has 2 N–H and O–H groups in total. The molecule has 24 heavy (non-hydrogen) atoms. The van der Waals surface area contributed by atoms with Crippen LogP contribution in [0.3, 0.4) is 0 Å². The van der Waals surface area contributed by atoms with Crippen LogP contribution in [0.5, 0.6) is 0 Å². The monoisotopic (exact) mass is 324 g/mol. The molecular weight excluding hydrogens is 312 g/mol. The molecule has 0 spiro atoms. The first-order valence-corrected chi connectivity index (χ1v) is 6.97. The van der Waals surface area contributed by atoms with Crippen molar-refractivity contribution in [1.82, 2.24) is 9.97 Å². The molecule has 0 bridgehead atoms. The number of benzene rings is 2. The number of carbonyl (C=O) groups is 1. The van der Waals surface area contributed by atoms with Gasteiger partial charge < -0.3 is 10.5 Å². The van der Waals surface area contributed by atoms with Gasteiger partial charge in [-0.3, -0.25) is 10.1 Å². The lowest BCUT2D eigenvalue weighted by atomic mass is 10.2. The minimum Gasteiger partial charge on any atom is -0.454 e. The van der Waals surface area contributed by atoms with E-state index in [1.807, 2.05) is 12.1 Å². The molecule has 0 saturated carbocycles. The Labute approximate surface area is 136 Å². The summed E-state index contributed by atoms with van der Waals surface area (Å²) in [5.74, 6) is -0.152. The zero-order valence-corrected chi connectivity index (χ0v) is 12.4. The number of hydrogen-bond donors (Lipinski definition) is 1. The van der Waals surface area contributed by atoms with E-state index in [9.17, 15) is 14.9 Å². The lowest BCUT2D eigenvalue weighted by molar-refractivity contribution is -0.384. The van der Waals surface area contributed by atoms with Crippen molar-refractivity contribution < 1.29 is 14.5 Å². The zero-order valence-electron chi connectivity index (χ0n) is 12.4. The maximum atomic E-state index is 12.0. The fraction of sp³-hybridized carbons (Fsp3) is 0.0625. The molecular formula is C16H12N4O4. The SMILES string of the molecule is Nc1nc(COC(=O)c2cccc([N+](=O)[O-])c2)nc2ccccc12. The molecule has 3 rings (SSSR count). The summed E-state index contributed by atoms with van der Waals surface area (Å²) in [6.07, 6.45) is 0.